The fourth-order valence-corrected chi connectivity index (χ4v) is 5.81. The molecule has 1 aliphatic heterocycles. The minimum atomic E-state index is -4.61. The van der Waals surface area contributed by atoms with Crippen molar-refractivity contribution in [3.8, 4) is 0 Å². The average Bonchev–Trinajstić information content (AvgIpc) is 3.09. The van der Waals surface area contributed by atoms with Gasteiger partial charge in [0.05, 0.1) is 6.61 Å². The van der Waals surface area contributed by atoms with Gasteiger partial charge < -0.3 is 34.3 Å². The van der Waals surface area contributed by atoms with Gasteiger partial charge in [0.25, 0.3) is 10.1 Å². The van der Waals surface area contributed by atoms with Crippen molar-refractivity contribution in [1.29, 1.82) is 0 Å². The Morgan fingerprint density at radius 1 is 0.686 bits per heavy atom. The molecule has 0 radical (unpaired) electrons. The van der Waals surface area contributed by atoms with E-state index in [1.165, 1.54) is 38.5 Å². The highest BCUT2D eigenvalue weighted by molar-refractivity contribution is 7.85. The van der Waals surface area contributed by atoms with Crippen LogP contribution in [-0.4, -0.2) is 96.0 Å². The Hall–Kier alpha value is -2.65. The number of carbonyl (C=O) groups is 2. The molecule has 0 amide bonds. The summed E-state index contributed by atoms with van der Waals surface area (Å²) in [6.45, 7) is 3.49. The smallest absolute Gasteiger partial charge is 0.306 e. The molecule has 13 heteroatoms. The lowest BCUT2D eigenvalue weighted by Crippen LogP contribution is -2.60. The Morgan fingerprint density at radius 3 is 1.82 bits per heavy atom. The molecular formula is C38H62O12S. The topological polar surface area (TPSA) is 186 Å². The molecule has 1 heterocycles. The van der Waals surface area contributed by atoms with Crippen LogP contribution in [0.3, 0.4) is 0 Å². The number of aliphatic hydroxyl groups is 3. The van der Waals surface area contributed by atoms with Crippen molar-refractivity contribution in [3.63, 3.8) is 0 Å². The SMILES string of the molecule is CC/C=C/C=C/C=C/C=C/C=C/CCCC(=O)OC(COC(=O)CCCCCCCCCCCC)CO[C@H]1O[C@H](CS(=O)(=O)O)[C@@H](O)C(O)C1O. The third-order valence-corrected chi connectivity index (χ3v) is 8.74. The summed E-state index contributed by atoms with van der Waals surface area (Å²) < 4.78 is 53.6. The maximum Gasteiger partial charge on any atom is 0.306 e. The number of ether oxygens (including phenoxy) is 4. The van der Waals surface area contributed by atoms with Crippen LogP contribution in [0.1, 0.15) is 110 Å². The molecule has 12 nitrogen and oxygen atoms in total. The van der Waals surface area contributed by atoms with E-state index in [9.17, 15) is 37.9 Å². The van der Waals surface area contributed by atoms with E-state index in [1.807, 2.05) is 54.7 Å². The van der Waals surface area contributed by atoms with Gasteiger partial charge in [-0.3, -0.25) is 14.1 Å². The van der Waals surface area contributed by atoms with Crippen molar-refractivity contribution in [1.82, 2.24) is 0 Å². The lowest BCUT2D eigenvalue weighted by atomic mass is 10.00. The lowest BCUT2D eigenvalue weighted by molar-refractivity contribution is -0.297. The number of unbranched alkanes of at least 4 members (excludes halogenated alkanes) is 10. The Labute approximate surface area is 305 Å². The second kappa shape index (κ2) is 28.9. The maximum atomic E-state index is 12.7. The van der Waals surface area contributed by atoms with Crippen molar-refractivity contribution in [3.05, 3.63) is 60.8 Å². The second-order valence-electron chi connectivity index (χ2n) is 12.6. The zero-order valence-corrected chi connectivity index (χ0v) is 31.2. The van der Waals surface area contributed by atoms with Crippen molar-refractivity contribution >= 4 is 22.1 Å². The summed E-state index contributed by atoms with van der Waals surface area (Å²) >= 11 is 0. The van der Waals surface area contributed by atoms with E-state index in [4.69, 9.17) is 18.9 Å². The minimum Gasteiger partial charge on any atom is -0.462 e. The Kier molecular flexibility index (Phi) is 26.3. The predicted molar refractivity (Wildman–Crippen MR) is 196 cm³/mol. The van der Waals surface area contributed by atoms with Crippen molar-refractivity contribution in [2.45, 2.75) is 147 Å². The molecule has 0 aromatic heterocycles. The number of aliphatic hydroxyl groups excluding tert-OH is 3. The van der Waals surface area contributed by atoms with E-state index in [0.717, 1.165) is 25.7 Å². The Morgan fingerprint density at radius 2 is 1.24 bits per heavy atom. The van der Waals surface area contributed by atoms with Gasteiger partial charge in [0.15, 0.2) is 12.4 Å². The van der Waals surface area contributed by atoms with E-state index in [1.54, 1.807) is 0 Å². The van der Waals surface area contributed by atoms with Crippen LogP contribution in [0.2, 0.25) is 0 Å². The number of carbonyl (C=O) groups excluding carboxylic acids is 2. The number of hydrogen-bond acceptors (Lipinski definition) is 11. The number of allylic oxidation sites excluding steroid dienone is 10. The van der Waals surface area contributed by atoms with Crippen LogP contribution >= 0.6 is 0 Å². The van der Waals surface area contributed by atoms with Gasteiger partial charge >= 0.3 is 11.9 Å². The van der Waals surface area contributed by atoms with Crippen molar-refractivity contribution in [2.75, 3.05) is 19.0 Å². The molecule has 0 aromatic rings. The third kappa shape index (κ3) is 24.3. The van der Waals surface area contributed by atoms with Crippen LogP contribution in [0.25, 0.3) is 0 Å². The van der Waals surface area contributed by atoms with Crippen LogP contribution in [-0.2, 0) is 38.7 Å². The zero-order valence-electron chi connectivity index (χ0n) is 30.4. The van der Waals surface area contributed by atoms with E-state index >= 15 is 0 Å². The summed E-state index contributed by atoms with van der Waals surface area (Å²) in [7, 11) is -4.61. The Bertz CT molecular complexity index is 1190. The molecule has 6 atom stereocenters. The molecule has 4 N–H and O–H groups in total. The molecule has 0 spiro atoms. The first kappa shape index (κ1) is 46.4. The van der Waals surface area contributed by atoms with Gasteiger partial charge in [-0.1, -0.05) is 132 Å². The fraction of sp³-hybridized carbons (Fsp3) is 0.684. The lowest BCUT2D eigenvalue weighted by Gasteiger charge is -2.40. The number of esters is 2. The van der Waals surface area contributed by atoms with Crippen molar-refractivity contribution < 1.29 is 56.8 Å². The standard InChI is InChI=1S/C38H62O12S/c1-3-5-7-9-11-13-15-16-17-19-21-23-25-27-34(40)49-31(28-47-33(39)26-24-22-20-18-14-12-10-8-6-4-2)29-48-38-37(43)36(42)35(41)32(50-38)30-51(44,45)46/h5,7,9,11,13,15-17,19,21,31-32,35-38,41-43H,3-4,6,8,10,12,14,18,20,22-30H2,1-2H3,(H,44,45,46)/b7-5+,11-9+,15-13+,17-16+,21-19+/t31?,32-,35-,36?,37?,38+/m1/s1. The van der Waals surface area contributed by atoms with E-state index in [2.05, 4.69) is 19.9 Å². The quantitative estimate of drug-likeness (QED) is 0.0326. The van der Waals surface area contributed by atoms with Gasteiger partial charge in [0.2, 0.25) is 0 Å². The van der Waals surface area contributed by atoms with Crippen LogP contribution in [0.4, 0.5) is 0 Å². The molecule has 0 bridgehead atoms. The Balaban J connectivity index is 2.63. The normalized spacial score (nSPS) is 22.2. The number of hydrogen-bond donors (Lipinski definition) is 4. The largest absolute Gasteiger partial charge is 0.462 e. The number of rotatable bonds is 28. The van der Waals surface area contributed by atoms with Gasteiger partial charge in [-0.25, -0.2) is 0 Å². The molecule has 1 aliphatic rings. The van der Waals surface area contributed by atoms with E-state index in [0.29, 0.717) is 19.3 Å². The van der Waals surface area contributed by atoms with Crippen LogP contribution in [0.5, 0.6) is 0 Å². The monoisotopic (exact) mass is 742 g/mol. The molecule has 0 aromatic carbocycles. The van der Waals surface area contributed by atoms with Gasteiger partial charge in [-0.05, 0) is 25.7 Å². The fourth-order valence-electron chi connectivity index (χ4n) is 5.12. The average molecular weight is 743 g/mol. The van der Waals surface area contributed by atoms with Gasteiger partial charge in [0.1, 0.15) is 36.8 Å². The van der Waals surface area contributed by atoms with Crippen LogP contribution in [0, 0.1) is 0 Å². The zero-order chi connectivity index (χ0) is 37.7. The summed E-state index contributed by atoms with van der Waals surface area (Å²) in [6.07, 6.45) is 23.0. The van der Waals surface area contributed by atoms with Crippen LogP contribution < -0.4 is 0 Å². The van der Waals surface area contributed by atoms with E-state index in [-0.39, 0.29) is 19.4 Å². The molecule has 1 fully saturated rings. The second-order valence-corrected chi connectivity index (χ2v) is 14.1. The highest BCUT2D eigenvalue weighted by atomic mass is 32.2. The maximum absolute atomic E-state index is 12.7. The first-order valence-corrected chi connectivity index (χ1v) is 20.0. The summed E-state index contributed by atoms with van der Waals surface area (Å²) in [5, 5.41) is 30.7. The minimum absolute atomic E-state index is 0.0664. The summed E-state index contributed by atoms with van der Waals surface area (Å²) in [5.74, 6) is -2.09. The summed E-state index contributed by atoms with van der Waals surface area (Å²) in [6, 6.07) is 0. The highest BCUT2D eigenvalue weighted by Crippen LogP contribution is 2.23. The van der Waals surface area contributed by atoms with Gasteiger partial charge in [0, 0.05) is 12.8 Å². The molecule has 0 saturated carbocycles. The first-order valence-electron chi connectivity index (χ1n) is 18.4. The summed E-state index contributed by atoms with van der Waals surface area (Å²) in [5.41, 5.74) is 0. The molecule has 51 heavy (non-hydrogen) atoms. The summed E-state index contributed by atoms with van der Waals surface area (Å²) in [4.78, 5) is 25.1. The molecule has 0 aliphatic carbocycles. The molecule has 292 valence electrons. The molecule has 3 unspecified atom stereocenters. The highest BCUT2D eigenvalue weighted by Gasteiger charge is 2.46. The third-order valence-electron chi connectivity index (χ3n) is 7.99. The molecule has 1 saturated heterocycles. The van der Waals surface area contributed by atoms with E-state index < -0.39 is 71.2 Å². The van der Waals surface area contributed by atoms with Crippen molar-refractivity contribution in [2.24, 2.45) is 0 Å². The van der Waals surface area contributed by atoms with Crippen LogP contribution in [0.15, 0.2) is 60.8 Å². The molecular weight excluding hydrogens is 680 g/mol. The molecule has 1 rings (SSSR count). The predicted octanol–water partition coefficient (Wildman–Crippen LogP) is 5.83. The van der Waals surface area contributed by atoms with Gasteiger partial charge in [-0.2, -0.15) is 8.42 Å². The first-order chi connectivity index (χ1) is 24.5. The van der Waals surface area contributed by atoms with Gasteiger partial charge in [-0.15, -0.1) is 0 Å².